The van der Waals surface area contributed by atoms with E-state index in [1.165, 1.54) is 33.4 Å². The van der Waals surface area contributed by atoms with Crippen molar-refractivity contribution < 1.29 is 9.47 Å². The number of hydrogen-bond donors (Lipinski definition) is 0. The van der Waals surface area contributed by atoms with Crippen LogP contribution >= 0.6 is 0 Å². The molecule has 3 aromatic carbocycles. The van der Waals surface area contributed by atoms with E-state index in [4.69, 9.17) is 9.47 Å². The van der Waals surface area contributed by atoms with Crippen LogP contribution in [0.5, 0.6) is 11.5 Å². The van der Waals surface area contributed by atoms with Crippen molar-refractivity contribution in [2.75, 3.05) is 14.2 Å². The van der Waals surface area contributed by atoms with Crippen LogP contribution in [0.3, 0.4) is 0 Å². The molecule has 0 aliphatic heterocycles. The first-order valence-corrected chi connectivity index (χ1v) is 8.27. The van der Waals surface area contributed by atoms with E-state index in [1.54, 1.807) is 14.2 Å². The maximum Gasteiger partial charge on any atom is 0.123 e. The Morgan fingerprint density at radius 1 is 0.542 bits per heavy atom. The summed E-state index contributed by atoms with van der Waals surface area (Å²) in [7, 11) is 3.52. The third-order valence-corrected chi connectivity index (χ3v) is 5.46. The Labute approximate surface area is 141 Å². The molecule has 0 heterocycles. The molecule has 2 unspecified atom stereocenters. The van der Waals surface area contributed by atoms with Gasteiger partial charge in [0.15, 0.2) is 0 Å². The third-order valence-electron chi connectivity index (χ3n) is 5.46. The average molecular weight is 314 g/mol. The molecule has 3 aliphatic carbocycles. The van der Waals surface area contributed by atoms with Crippen LogP contribution < -0.4 is 9.47 Å². The fraction of sp³-hybridized carbons (Fsp3) is 0.182. The number of ether oxygens (including phenoxy) is 2. The zero-order valence-electron chi connectivity index (χ0n) is 13.7. The summed E-state index contributed by atoms with van der Waals surface area (Å²) in [5, 5.41) is 0. The molecule has 0 spiro atoms. The van der Waals surface area contributed by atoms with Gasteiger partial charge in [0.1, 0.15) is 11.5 Å². The van der Waals surface area contributed by atoms with E-state index in [0.29, 0.717) is 0 Å². The lowest BCUT2D eigenvalue weighted by molar-refractivity contribution is 0.399. The minimum Gasteiger partial charge on any atom is -0.496 e. The highest BCUT2D eigenvalue weighted by atomic mass is 16.5. The van der Waals surface area contributed by atoms with Crippen LogP contribution in [0.15, 0.2) is 60.7 Å². The van der Waals surface area contributed by atoms with Gasteiger partial charge in [-0.25, -0.2) is 0 Å². The van der Waals surface area contributed by atoms with E-state index >= 15 is 0 Å². The van der Waals surface area contributed by atoms with Crippen molar-refractivity contribution in [1.29, 1.82) is 0 Å². The molecule has 0 fully saturated rings. The number of rotatable bonds is 2. The molecule has 0 N–H and O–H groups in total. The van der Waals surface area contributed by atoms with Crippen LogP contribution in [0.4, 0.5) is 0 Å². The average Bonchev–Trinajstić information content (AvgIpc) is 2.66. The monoisotopic (exact) mass is 314 g/mol. The maximum absolute atomic E-state index is 5.72. The Balaban J connectivity index is 1.91. The summed E-state index contributed by atoms with van der Waals surface area (Å²) in [4.78, 5) is 0. The van der Waals surface area contributed by atoms with Gasteiger partial charge >= 0.3 is 0 Å². The summed E-state index contributed by atoms with van der Waals surface area (Å²) in [5.74, 6) is 2.38. The normalized spacial score (nSPS) is 19.2. The predicted octanol–water partition coefficient (Wildman–Crippen LogP) is 4.69. The Bertz CT molecular complexity index is 879. The van der Waals surface area contributed by atoms with Gasteiger partial charge in [-0.15, -0.1) is 0 Å². The van der Waals surface area contributed by atoms with Crippen LogP contribution in [0.25, 0.3) is 0 Å². The fourth-order valence-electron chi connectivity index (χ4n) is 4.59. The van der Waals surface area contributed by atoms with Crippen molar-refractivity contribution in [3.8, 4) is 11.5 Å². The van der Waals surface area contributed by atoms with Gasteiger partial charge in [-0.1, -0.05) is 48.5 Å². The molecule has 2 heteroatoms. The zero-order valence-corrected chi connectivity index (χ0v) is 13.7. The van der Waals surface area contributed by atoms with E-state index in [0.717, 1.165) is 11.5 Å². The quantitative estimate of drug-likeness (QED) is 0.470. The predicted molar refractivity (Wildman–Crippen MR) is 94.3 cm³/mol. The first-order valence-electron chi connectivity index (χ1n) is 8.27. The molecule has 2 atom stereocenters. The first kappa shape index (κ1) is 13.7. The van der Waals surface area contributed by atoms with Gasteiger partial charge in [0.25, 0.3) is 0 Å². The molecule has 118 valence electrons. The van der Waals surface area contributed by atoms with Crippen molar-refractivity contribution in [3.05, 3.63) is 94.0 Å². The molecular weight excluding hydrogens is 296 g/mol. The highest BCUT2D eigenvalue weighted by molar-refractivity contribution is 5.72. The summed E-state index contributed by atoms with van der Waals surface area (Å²) < 4.78 is 11.4. The molecule has 24 heavy (non-hydrogen) atoms. The first-order chi connectivity index (χ1) is 11.8. The molecule has 3 aliphatic rings. The smallest absolute Gasteiger partial charge is 0.123 e. The van der Waals surface area contributed by atoms with Gasteiger partial charge in [0.05, 0.1) is 14.2 Å². The van der Waals surface area contributed by atoms with E-state index in [-0.39, 0.29) is 11.8 Å². The van der Waals surface area contributed by atoms with Crippen LogP contribution in [0.2, 0.25) is 0 Å². The van der Waals surface area contributed by atoms with Crippen LogP contribution in [-0.4, -0.2) is 14.2 Å². The zero-order chi connectivity index (χ0) is 16.3. The molecule has 2 bridgehead atoms. The Kier molecular flexibility index (Phi) is 2.78. The standard InChI is InChI=1S/C22H18O2/c1-23-17-11-5-9-15-20-14-8-4-3-7-13(14)19(21(15)17)16-10-6-12-18(24-2)22(16)20/h3-12,19-20H,1-2H3. The summed E-state index contributed by atoms with van der Waals surface area (Å²) in [6.07, 6.45) is 0. The Hall–Kier alpha value is -2.74. The fourth-order valence-corrected chi connectivity index (χ4v) is 4.59. The molecule has 0 saturated heterocycles. The van der Waals surface area contributed by atoms with Crippen LogP contribution in [0.1, 0.15) is 45.2 Å². The van der Waals surface area contributed by atoms with E-state index in [9.17, 15) is 0 Å². The van der Waals surface area contributed by atoms with Crippen molar-refractivity contribution in [2.45, 2.75) is 11.8 Å². The summed E-state index contributed by atoms with van der Waals surface area (Å²) in [6.45, 7) is 0. The lowest BCUT2D eigenvalue weighted by atomic mass is 9.60. The topological polar surface area (TPSA) is 18.5 Å². The summed E-state index contributed by atoms with van der Waals surface area (Å²) >= 11 is 0. The maximum atomic E-state index is 5.72. The molecule has 0 saturated carbocycles. The van der Waals surface area contributed by atoms with Crippen molar-refractivity contribution in [3.63, 3.8) is 0 Å². The molecule has 3 aromatic rings. The molecule has 6 rings (SSSR count). The van der Waals surface area contributed by atoms with Gasteiger partial charge in [-0.05, 0) is 34.4 Å². The van der Waals surface area contributed by atoms with E-state index in [1.807, 2.05) is 0 Å². The van der Waals surface area contributed by atoms with Crippen LogP contribution in [0, 0.1) is 0 Å². The van der Waals surface area contributed by atoms with Gasteiger partial charge in [-0.2, -0.15) is 0 Å². The SMILES string of the molecule is COc1cccc2c1C1c3ccccc3C2c2c(OC)cccc21. The molecule has 0 aromatic heterocycles. The number of hydrogen-bond acceptors (Lipinski definition) is 2. The van der Waals surface area contributed by atoms with E-state index < -0.39 is 0 Å². The second-order valence-electron chi connectivity index (χ2n) is 6.42. The minimum absolute atomic E-state index is 0.211. The number of benzene rings is 3. The molecule has 2 nitrogen and oxygen atoms in total. The summed E-state index contributed by atoms with van der Waals surface area (Å²) in [6, 6.07) is 21.6. The van der Waals surface area contributed by atoms with Gasteiger partial charge in [0.2, 0.25) is 0 Å². The van der Waals surface area contributed by atoms with Crippen molar-refractivity contribution in [2.24, 2.45) is 0 Å². The largest absolute Gasteiger partial charge is 0.496 e. The second-order valence-corrected chi connectivity index (χ2v) is 6.42. The Morgan fingerprint density at radius 3 is 1.38 bits per heavy atom. The minimum atomic E-state index is 0.211. The Morgan fingerprint density at radius 2 is 0.958 bits per heavy atom. The van der Waals surface area contributed by atoms with Crippen molar-refractivity contribution >= 4 is 0 Å². The van der Waals surface area contributed by atoms with Crippen molar-refractivity contribution in [1.82, 2.24) is 0 Å². The molecule has 0 radical (unpaired) electrons. The lowest BCUT2D eigenvalue weighted by Crippen LogP contribution is -2.28. The van der Waals surface area contributed by atoms with Gasteiger partial charge in [-0.3, -0.25) is 0 Å². The van der Waals surface area contributed by atoms with Gasteiger partial charge in [0, 0.05) is 23.0 Å². The van der Waals surface area contributed by atoms with Gasteiger partial charge < -0.3 is 9.47 Å². The van der Waals surface area contributed by atoms with Crippen LogP contribution in [-0.2, 0) is 0 Å². The second kappa shape index (κ2) is 4.88. The highest BCUT2D eigenvalue weighted by Gasteiger charge is 2.44. The molecular formula is C22H18O2. The highest BCUT2D eigenvalue weighted by Crippen LogP contribution is 2.59. The molecule has 0 amide bonds. The lowest BCUT2D eigenvalue weighted by Gasteiger charge is -2.43. The number of methoxy groups -OCH3 is 2. The summed E-state index contributed by atoms with van der Waals surface area (Å²) in [5.41, 5.74) is 8.08. The van der Waals surface area contributed by atoms with E-state index in [2.05, 4.69) is 60.7 Å². The third kappa shape index (κ3) is 1.56.